The smallest absolute Gasteiger partial charge is 0.338 e. The van der Waals surface area contributed by atoms with Crippen LogP contribution in [0.3, 0.4) is 0 Å². The van der Waals surface area contributed by atoms with Gasteiger partial charge < -0.3 is 9.47 Å². The average molecular weight is 435 g/mol. The normalized spacial score (nSPS) is 11.9. The molecule has 0 aliphatic carbocycles. The van der Waals surface area contributed by atoms with Crippen LogP contribution in [0.15, 0.2) is 24.3 Å². The van der Waals surface area contributed by atoms with Gasteiger partial charge in [0.2, 0.25) is 0 Å². The molecular formula is C18H28Cl2O4Si2. The van der Waals surface area contributed by atoms with E-state index in [2.05, 4.69) is 26.2 Å². The lowest BCUT2D eigenvalue weighted by atomic mass is 10.1. The van der Waals surface area contributed by atoms with Crippen LogP contribution in [0.5, 0.6) is 0 Å². The van der Waals surface area contributed by atoms with Crippen molar-refractivity contribution in [2.24, 2.45) is 0 Å². The third kappa shape index (κ3) is 10.4. The first-order chi connectivity index (χ1) is 12.0. The van der Waals surface area contributed by atoms with Gasteiger partial charge in [-0.05, 0) is 43.1 Å². The minimum absolute atomic E-state index is 0.328. The number of rotatable bonds is 10. The van der Waals surface area contributed by atoms with Gasteiger partial charge in [-0.25, -0.2) is 9.59 Å². The van der Waals surface area contributed by atoms with Gasteiger partial charge in [-0.2, -0.15) is 22.2 Å². The van der Waals surface area contributed by atoms with Crippen molar-refractivity contribution in [1.82, 2.24) is 0 Å². The number of carbonyl (C=O) groups is 2. The highest BCUT2D eigenvalue weighted by Gasteiger charge is 2.18. The first-order valence-electron chi connectivity index (χ1n) is 8.80. The molecule has 1 aromatic rings. The van der Waals surface area contributed by atoms with E-state index >= 15 is 0 Å². The number of ether oxygens (including phenoxy) is 2. The van der Waals surface area contributed by atoms with Crippen LogP contribution in [-0.4, -0.2) is 39.9 Å². The molecule has 4 nitrogen and oxygen atoms in total. The summed E-state index contributed by atoms with van der Waals surface area (Å²) in [7, 11) is -3.29. The molecule has 0 saturated heterocycles. The van der Waals surface area contributed by atoms with E-state index < -0.39 is 26.7 Å². The van der Waals surface area contributed by atoms with Gasteiger partial charge in [-0.15, -0.1) is 0 Å². The van der Waals surface area contributed by atoms with Gasteiger partial charge >= 0.3 is 11.9 Å². The molecule has 0 aliphatic rings. The predicted molar refractivity (Wildman–Crippen MR) is 113 cm³/mol. The highest BCUT2D eigenvalue weighted by atomic mass is 35.6. The standard InChI is InChI=1S/C18H28Cl2O4Si2/c1-25(2,19)12-6-10-23-17(21)15-8-5-9-16(14-15)18(22)24-11-7-13-26(3,4)20/h5,8-9,14H,6-7,10-13H2,1-4H3. The second-order valence-electron chi connectivity index (χ2n) is 7.50. The molecule has 1 rings (SSSR count). The number of hydrogen-bond acceptors (Lipinski definition) is 4. The van der Waals surface area contributed by atoms with E-state index in [1.165, 1.54) is 6.07 Å². The van der Waals surface area contributed by atoms with Crippen LogP contribution >= 0.6 is 22.2 Å². The van der Waals surface area contributed by atoms with Gasteiger partial charge in [0.25, 0.3) is 0 Å². The van der Waals surface area contributed by atoms with Gasteiger partial charge in [0.15, 0.2) is 14.8 Å². The average Bonchev–Trinajstić information content (AvgIpc) is 2.53. The molecule has 26 heavy (non-hydrogen) atoms. The summed E-state index contributed by atoms with van der Waals surface area (Å²) in [4.78, 5) is 24.2. The SMILES string of the molecule is C[Si](C)(Cl)CCCOC(=O)c1cccc(C(=O)OCCC[Si](C)(C)Cl)c1. The van der Waals surface area contributed by atoms with Crippen molar-refractivity contribution >= 4 is 48.9 Å². The van der Waals surface area contributed by atoms with Crippen molar-refractivity contribution in [3.05, 3.63) is 35.4 Å². The number of benzene rings is 1. The van der Waals surface area contributed by atoms with E-state index in [-0.39, 0.29) is 0 Å². The zero-order valence-corrected chi connectivity index (χ0v) is 19.5. The van der Waals surface area contributed by atoms with Crippen LogP contribution in [0, 0.1) is 0 Å². The molecular weight excluding hydrogens is 407 g/mol. The Morgan fingerprint density at radius 1 is 0.846 bits per heavy atom. The minimum Gasteiger partial charge on any atom is -0.462 e. The van der Waals surface area contributed by atoms with E-state index in [1.807, 2.05) is 0 Å². The molecule has 0 heterocycles. The number of halogens is 2. The highest BCUT2D eigenvalue weighted by Crippen LogP contribution is 2.17. The molecule has 146 valence electrons. The molecule has 0 fully saturated rings. The Morgan fingerprint density at radius 2 is 1.23 bits per heavy atom. The Bertz CT molecular complexity index is 561. The Labute approximate surface area is 167 Å². The topological polar surface area (TPSA) is 52.6 Å². The van der Waals surface area contributed by atoms with E-state index in [0.717, 1.165) is 24.9 Å². The lowest BCUT2D eigenvalue weighted by Gasteiger charge is -2.13. The van der Waals surface area contributed by atoms with Crippen LogP contribution in [0.4, 0.5) is 0 Å². The van der Waals surface area contributed by atoms with Crippen LogP contribution < -0.4 is 0 Å². The Balaban J connectivity index is 2.48. The van der Waals surface area contributed by atoms with Crippen molar-refractivity contribution in [2.75, 3.05) is 13.2 Å². The van der Waals surface area contributed by atoms with Gasteiger partial charge in [-0.3, -0.25) is 0 Å². The van der Waals surface area contributed by atoms with Crippen molar-refractivity contribution < 1.29 is 19.1 Å². The number of carbonyl (C=O) groups excluding carboxylic acids is 2. The van der Waals surface area contributed by atoms with E-state index in [9.17, 15) is 9.59 Å². The molecule has 0 atom stereocenters. The molecule has 0 bridgehead atoms. The van der Waals surface area contributed by atoms with Crippen LogP contribution in [-0.2, 0) is 9.47 Å². The molecule has 0 amide bonds. The minimum atomic E-state index is -1.65. The maximum atomic E-state index is 12.1. The summed E-state index contributed by atoms with van der Waals surface area (Å²) in [6.45, 7) is 8.89. The molecule has 0 spiro atoms. The van der Waals surface area contributed by atoms with Gasteiger partial charge in [0, 0.05) is 0 Å². The predicted octanol–water partition coefficient (Wildman–Crippen LogP) is 5.67. The lowest BCUT2D eigenvalue weighted by molar-refractivity contribution is 0.0503. The molecule has 1 aromatic carbocycles. The van der Waals surface area contributed by atoms with E-state index in [1.54, 1.807) is 18.2 Å². The lowest BCUT2D eigenvalue weighted by Crippen LogP contribution is -2.17. The zero-order valence-electron chi connectivity index (χ0n) is 15.9. The fourth-order valence-corrected chi connectivity index (χ4v) is 5.03. The maximum Gasteiger partial charge on any atom is 0.338 e. The number of esters is 2. The summed E-state index contributed by atoms with van der Waals surface area (Å²) in [5.74, 6) is -0.882. The Morgan fingerprint density at radius 3 is 1.58 bits per heavy atom. The van der Waals surface area contributed by atoms with Crippen molar-refractivity contribution in [1.29, 1.82) is 0 Å². The van der Waals surface area contributed by atoms with Crippen molar-refractivity contribution in [3.8, 4) is 0 Å². The van der Waals surface area contributed by atoms with Crippen LogP contribution in [0.2, 0.25) is 38.3 Å². The quantitative estimate of drug-likeness (QED) is 0.206. The molecule has 0 N–H and O–H groups in total. The second-order valence-corrected chi connectivity index (χ2v) is 21.5. The second kappa shape index (κ2) is 10.5. The monoisotopic (exact) mass is 434 g/mol. The third-order valence-electron chi connectivity index (χ3n) is 3.63. The summed E-state index contributed by atoms with van der Waals surface area (Å²) in [5, 5.41) is 0. The first-order valence-corrected chi connectivity index (χ1v) is 17.2. The van der Waals surface area contributed by atoms with Crippen LogP contribution in [0.1, 0.15) is 33.6 Å². The molecule has 0 aromatic heterocycles. The number of hydrogen-bond donors (Lipinski definition) is 0. The molecule has 8 heteroatoms. The highest BCUT2D eigenvalue weighted by molar-refractivity contribution is 7.19. The van der Waals surface area contributed by atoms with Gasteiger partial charge in [-0.1, -0.05) is 32.3 Å². The van der Waals surface area contributed by atoms with E-state index in [0.29, 0.717) is 24.3 Å². The summed E-state index contributed by atoms with van der Waals surface area (Å²) >= 11 is 12.5. The fraction of sp³-hybridized carbons (Fsp3) is 0.556. The Hall–Kier alpha value is -0.826. The summed E-state index contributed by atoms with van der Waals surface area (Å²) < 4.78 is 10.5. The largest absolute Gasteiger partial charge is 0.462 e. The van der Waals surface area contributed by atoms with E-state index in [4.69, 9.17) is 31.6 Å². The summed E-state index contributed by atoms with van der Waals surface area (Å²) in [6.07, 6.45) is 1.49. The van der Waals surface area contributed by atoms with Gasteiger partial charge in [0.05, 0.1) is 24.3 Å². The third-order valence-corrected chi connectivity index (χ3v) is 7.85. The maximum absolute atomic E-state index is 12.1. The summed E-state index contributed by atoms with van der Waals surface area (Å²) in [6, 6.07) is 8.18. The fourth-order valence-electron chi connectivity index (χ4n) is 2.25. The van der Waals surface area contributed by atoms with Crippen molar-refractivity contribution in [2.45, 2.75) is 51.1 Å². The van der Waals surface area contributed by atoms with Crippen LogP contribution in [0.25, 0.3) is 0 Å². The molecule has 0 aliphatic heterocycles. The van der Waals surface area contributed by atoms with Gasteiger partial charge in [0.1, 0.15) is 0 Å². The Kier molecular flexibility index (Phi) is 9.37. The van der Waals surface area contributed by atoms with Crippen molar-refractivity contribution in [3.63, 3.8) is 0 Å². The zero-order chi connectivity index (χ0) is 19.8. The molecule has 0 unspecified atom stereocenters. The summed E-state index contributed by atoms with van der Waals surface area (Å²) in [5.41, 5.74) is 0.687. The molecule has 0 radical (unpaired) electrons. The first kappa shape index (κ1) is 23.2. The molecule has 0 saturated carbocycles.